The molecule has 2 heterocycles. The summed E-state index contributed by atoms with van der Waals surface area (Å²) < 4.78 is 2.12. The summed E-state index contributed by atoms with van der Waals surface area (Å²) in [7, 11) is 4.24. The Labute approximate surface area is 193 Å². The van der Waals surface area contributed by atoms with Crippen molar-refractivity contribution < 1.29 is 24.6 Å². The molecule has 1 saturated heterocycles. The van der Waals surface area contributed by atoms with Crippen molar-refractivity contribution in [1.82, 2.24) is 14.4 Å². The normalized spacial score (nSPS) is 14.7. The van der Waals surface area contributed by atoms with E-state index in [0.29, 0.717) is 17.6 Å². The molecular formula is C23H30ClN3O5. The molecule has 0 radical (unpaired) electrons. The predicted molar refractivity (Wildman–Crippen MR) is 123 cm³/mol. The van der Waals surface area contributed by atoms with Crippen molar-refractivity contribution in [2.75, 3.05) is 33.7 Å². The van der Waals surface area contributed by atoms with E-state index in [2.05, 4.69) is 28.5 Å². The lowest BCUT2D eigenvalue weighted by molar-refractivity contribution is -0.159. The van der Waals surface area contributed by atoms with Gasteiger partial charge in [0.1, 0.15) is 0 Å². The molecule has 2 aromatic rings. The van der Waals surface area contributed by atoms with Gasteiger partial charge in [0.05, 0.1) is 6.54 Å². The minimum Gasteiger partial charge on any atom is -0.473 e. The summed E-state index contributed by atoms with van der Waals surface area (Å²) >= 11 is 6.00. The Morgan fingerprint density at radius 1 is 1.06 bits per heavy atom. The highest BCUT2D eigenvalue weighted by atomic mass is 35.5. The molecule has 0 aliphatic carbocycles. The van der Waals surface area contributed by atoms with Crippen LogP contribution in [0.25, 0.3) is 5.69 Å². The summed E-state index contributed by atoms with van der Waals surface area (Å²) in [6.07, 6.45) is 2.26. The number of carboxylic acids is 2. The molecule has 8 nitrogen and oxygen atoms in total. The summed E-state index contributed by atoms with van der Waals surface area (Å²) in [6, 6.07) is 10.2. The molecule has 0 spiro atoms. The van der Waals surface area contributed by atoms with E-state index in [4.69, 9.17) is 31.4 Å². The highest BCUT2D eigenvalue weighted by Crippen LogP contribution is 2.23. The van der Waals surface area contributed by atoms with Crippen molar-refractivity contribution in [3.05, 3.63) is 52.3 Å². The van der Waals surface area contributed by atoms with E-state index in [1.807, 2.05) is 44.2 Å². The Morgan fingerprint density at radius 3 is 2.09 bits per heavy atom. The number of nitrogens with zero attached hydrogens (tertiary/aromatic N) is 3. The van der Waals surface area contributed by atoms with E-state index in [9.17, 15) is 4.79 Å². The summed E-state index contributed by atoms with van der Waals surface area (Å²) in [5, 5.41) is 15.5. The predicted octanol–water partition coefficient (Wildman–Crippen LogP) is 3.11. The lowest BCUT2D eigenvalue weighted by atomic mass is 10.0. The molecule has 0 unspecified atom stereocenters. The maximum absolute atomic E-state index is 12.9. The molecule has 0 bridgehead atoms. The van der Waals surface area contributed by atoms with Crippen molar-refractivity contribution >= 4 is 29.3 Å². The minimum atomic E-state index is -1.82. The summed E-state index contributed by atoms with van der Waals surface area (Å²) in [5.41, 5.74) is 3.91. The van der Waals surface area contributed by atoms with Crippen molar-refractivity contribution in [2.45, 2.75) is 32.7 Å². The lowest BCUT2D eigenvalue weighted by Crippen LogP contribution is -2.43. The van der Waals surface area contributed by atoms with Crippen molar-refractivity contribution in [1.29, 1.82) is 0 Å². The van der Waals surface area contributed by atoms with Gasteiger partial charge in [0.25, 0.3) is 0 Å². The first kappa shape index (κ1) is 25.6. The Hall–Kier alpha value is -2.68. The van der Waals surface area contributed by atoms with Gasteiger partial charge in [-0.2, -0.15) is 0 Å². The average Bonchev–Trinajstić information content (AvgIpc) is 3.03. The number of likely N-dealkylation sites (tertiary alicyclic amines) is 1. The second-order valence-electron chi connectivity index (χ2n) is 8.08. The molecule has 1 aliphatic rings. The van der Waals surface area contributed by atoms with Crippen LogP contribution in [0.3, 0.4) is 0 Å². The molecule has 2 N–H and O–H groups in total. The first-order chi connectivity index (χ1) is 15.0. The topological polar surface area (TPSA) is 103 Å². The standard InChI is InChI=1S/C21H28ClN3O.C2H2O4/c1-15-13-20(16(2)25(15)19-7-5-17(22)6-8-19)21(26)14-24(4)18-9-11-23(3)12-10-18;3-1(4)2(5)6/h5-8,13,18H,9-12,14H2,1-4H3;(H,3,4)(H,5,6). The molecule has 0 atom stereocenters. The second kappa shape index (κ2) is 11.3. The molecular weight excluding hydrogens is 434 g/mol. The van der Waals surface area contributed by atoms with Crippen LogP contribution in [-0.4, -0.2) is 82.1 Å². The van der Waals surface area contributed by atoms with E-state index in [1.54, 1.807) is 0 Å². The largest absolute Gasteiger partial charge is 0.473 e. The summed E-state index contributed by atoms with van der Waals surface area (Å²) in [6.45, 7) is 6.74. The van der Waals surface area contributed by atoms with Crippen LogP contribution in [0, 0.1) is 13.8 Å². The van der Waals surface area contributed by atoms with Crippen LogP contribution in [0.15, 0.2) is 30.3 Å². The van der Waals surface area contributed by atoms with Gasteiger partial charge in [-0.3, -0.25) is 9.69 Å². The fourth-order valence-corrected chi connectivity index (χ4v) is 4.04. The first-order valence-electron chi connectivity index (χ1n) is 10.3. The van der Waals surface area contributed by atoms with Gasteiger partial charge < -0.3 is 19.7 Å². The fraction of sp³-hybridized carbons (Fsp3) is 0.435. The van der Waals surface area contributed by atoms with Crippen LogP contribution in [0.2, 0.25) is 5.02 Å². The number of carbonyl (C=O) groups excluding carboxylic acids is 1. The van der Waals surface area contributed by atoms with Crippen LogP contribution < -0.4 is 0 Å². The third-order valence-corrected chi connectivity index (χ3v) is 5.96. The van der Waals surface area contributed by atoms with Crippen LogP contribution in [-0.2, 0) is 9.59 Å². The van der Waals surface area contributed by atoms with E-state index in [-0.39, 0.29) is 5.78 Å². The quantitative estimate of drug-likeness (QED) is 0.518. The molecule has 0 amide bonds. The Bertz CT molecular complexity index is 951. The lowest BCUT2D eigenvalue weighted by Gasteiger charge is -2.34. The number of benzene rings is 1. The maximum Gasteiger partial charge on any atom is 0.414 e. The number of halogens is 1. The molecule has 32 heavy (non-hydrogen) atoms. The number of aliphatic carboxylic acids is 2. The van der Waals surface area contributed by atoms with Crippen LogP contribution in [0.1, 0.15) is 34.6 Å². The van der Waals surface area contributed by atoms with Gasteiger partial charge in [0.15, 0.2) is 5.78 Å². The Morgan fingerprint density at radius 2 is 1.59 bits per heavy atom. The average molecular weight is 464 g/mol. The van der Waals surface area contributed by atoms with Gasteiger partial charge >= 0.3 is 11.9 Å². The zero-order chi connectivity index (χ0) is 24.0. The summed E-state index contributed by atoms with van der Waals surface area (Å²) in [5.74, 6) is -3.45. The van der Waals surface area contributed by atoms with Crippen LogP contribution in [0.4, 0.5) is 0 Å². The molecule has 174 valence electrons. The Balaban J connectivity index is 0.000000534. The van der Waals surface area contributed by atoms with E-state index >= 15 is 0 Å². The van der Waals surface area contributed by atoms with Gasteiger partial charge in [-0.15, -0.1) is 0 Å². The van der Waals surface area contributed by atoms with Crippen LogP contribution >= 0.6 is 11.6 Å². The highest BCUT2D eigenvalue weighted by Gasteiger charge is 2.24. The molecule has 3 rings (SSSR count). The number of rotatable bonds is 5. The molecule has 1 aromatic heterocycles. The van der Waals surface area contributed by atoms with Gasteiger partial charge in [-0.05, 0) is 84.2 Å². The third-order valence-electron chi connectivity index (χ3n) is 5.70. The van der Waals surface area contributed by atoms with Gasteiger partial charge in [-0.25, -0.2) is 9.59 Å². The smallest absolute Gasteiger partial charge is 0.414 e. The molecule has 9 heteroatoms. The maximum atomic E-state index is 12.9. The zero-order valence-electron chi connectivity index (χ0n) is 18.8. The number of carbonyl (C=O) groups is 3. The highest BCUT2D eigenvalue weighted by molar-refractivity contribution is 6.30. The number of aryl methyl sites for hydroxylation is 1. The van der Waals surface area contributed by atoms with Gasteiger partial charge in [0, 0.05) is 33.7 Å². The number of aromatic nitrogens is 1. The van der Waals surface area contributed by atoms with Gasteiger partial charge in [-0.1, -0.05) is 11.6 Å². The minimum absolute atomic E-state index is 0.194. The molecule has 1 fully saturated rings. The third kappa shape index (κ3) is 6.66. The number of piperidine rings is 1. The second-order valence-corrected chi connectivity index (χ2v) is 8.52. The zero-order valence-corrected chi connectivity index (χ0v) is 19.6. The molecule has 0 saturated carbocycles. The molecule has 1 aliphatic heterocycles. The number of hydrogen-bond donors (Lipinski definition) is 2. The SMILES string of the molecule is Cc1cc(C(=O)CN(C)C2CCN(C)CC2)c(C)n1-c1ccc(Cl)cc1.O=C(O)C(=O)O. The van der Waals surface area contributed by atoms with Crippen LogP contribution in [0.5, 0.6) is 0 Å². The summed E-state index contributed by atoms with van der Waals surface area (Å²) in [4.78, 5) is 35.7. The monoisotopic (exact) mass is 463 g/mol. The number of Topliss-reactive ketones (excluding diaryl/α,β-unsaturated/α-hetero) is 1. The van der Waals surface area contributed by atoms with E-state index in [0.717, 1.165) is 48.6 Å². The number of carboxylic acid groups (broad SMARTS) is 2. The van der Waals surface area contributed by atoms with Crippen molar-refractivity contribution in [2.24, 2.45) is 0 Å². The first-order valence-corrected chi connectivity index (χ1v) is 10.7. The fourth-order valence-electron chi connectivity index (χ4n) is 3.91. The van der Waals surface area contributed by atoms with E-state index < -0.39 is 11.9 Å². The Kier molecular flexibility index (Phi) is 9.00. The van der Waals surface area contributed by atoms with Gasteiger partial charge in [0.2, 0.25) is 0 Å². The van der Waals surface area contributed by atoms with Crippen molar-refractivity contribution in [3.8, 4) is 5.69 Å². The number of likely N-dealkylation sites (N-methyl/N-ethyl adjacent to an activating group) is 1. The van der Waals surface area contributed by atoms with Crippen molar-refractivity contribution in [3.63, 3.8) is 0 Å². The molecule has 1 aromatic carbocycles. The number of hydrogen-bond acceptors (Lipinski definition) is 5. The van der Waals surface area contributed by atoms with E-state index in [1.165, 1.54) is 0 Å². The number of ketones is 1.